The number of aromatic nitrogens is 4. The highest BCUT2D eigenvalue weighted by Crippen LogP contribution is 2.32. The zero-order valence-electron chi connectivity index (χ0n) is 18.8. The number of rotatable bonds is 3. The Hall–Kier alpha value is -4.83. The van der Waals surface area contributed by atoms with Gasteiger partial charge in [-0.25, -0.2) is 9.97 Å². The fourth-order valence-electron chi connectivity index (χ4n) is 4.84. The van der Waals surface area contributed by atoms with Gasteiger partial charge in [0, 0.05) is 41.3 Å². The van der Waals surface area contributed by atoms with Crippen molar-refractivity contribution in [1.29, 1.82) is 0 Å². The summed E-state index contributed by atoms with van der Waals surface area (Å²) in [7, 11) is 0. The Morgan fingerprint density at radius 3 is 2.34 bits per heavy atom. The van der Waals surface area contributed by atoms with Crippen molar-refractivity contribution in [3.05, 3.63) is 122 Å². The van der Waals surface area contributed by atoms with Crippen LogP contribution in [0.4, 0.5) is 0 Å². The maximum atomic E-state index is 5.12. The van der Waals surface area contributed by atoms with E-state index in [9.17, 15) is 0 Å². The molecule has 4 heterocycles. The van der Waals surface area contributed by atoms with Gasteiger partial charge in [-0.1, -0.05) is 72.8 Å². The van der Waals surface area contributed by atoms with Crippen LogP contribution in [0.1, 0.15) is 0 Å². The van der Waals surface area contributed by atoms with Crippen LogP contribution in [0, 0.1) is 0 Å². The number of hydrogen-bond acceptors (Lipinski definition) is 3. The van der Waals surface area contributed by atoms with Crippen LogP contribution in [-0.4, -0.2) is 19.4 Å². The van der Waals surface area contributed by atoms with Gasteiger partial charge in [-0.2, -0.15) is 0 Å². The molecular weight excluding hydrogens is 428 g/mol. The summed E-state index contributed by atoms with van der Waals surface area (Å²) in [6.45, 7) is 0. The van der Waals surface area contributed by atoms with Gasteiger partial charge in [0.05, 0.1) is 11.2 Å². The largest absolute Gasteiger partial charge is 0.298 e. The molecule has 0 aliphatic carbocycles. The zero-order chi connectivity index (χ0) is 23.2. The quantitative estimate of drug-likeness (QED) is 0.282. The molecule has 0 spiro atoms. The highest BCUT2D eigenvalue weighted by molar-refractivity contribution is 5.97. The first kappa shape index (κ1) is 19.6. The molecule has 0 fully saturated rings. The van der Waals surface area contributed by atoms with Crippen LogP contribution < -0.4 is 0 Å². The Kier molecular flexibility index (Phi) is 4.42. The fraction of sp³-hybridized carbons (Fsp3) is 0. The minimum Gasteiger partial charge on any atom is -0.298 e. The van der Waals surface area contributed by atoms with E-state index in [1.807, 2.05) is 30.7 Å². The lowest BCUT2D eigenvalue weighted by molar-refractivity contribution is 1.17. The average Bonchev–Trinajstić information content (AvgIpc) is 3.43. The van der Waals surface area contributed by atoms with E-state index in [2.05, 4.69) is 101 Å². The number of hydrogen-bond donors (Lipinski definition) is 0. The SMILES string of the molecule is c1ccc(-c2ccc(-c3nc4cc(-c5cccc6cnccc56)cnc4n4cccc34)cc2)cc1. The fourth-order valence-corrected chi connectivity index (χ4v) is 4.84. The van der Waals surface area contributed by atoms with E-state index in [0.717, 1.165) is 49.8 Å². The summed E-state index contributed by atoms with van der Waals surface area (Å²) in [5.74, 6) is 0. The molecule has 0 aliphatic heterocycles. The van der Waals surface area contributed by atoms with E-state index in [4.69, 9.17) is 9.97 Å². The second-order valence-electron chi connectivity index (χ2n) is 8.64. The summed E-state index contributed by atoms with van der Waals surface area (Å²) in [6, 6.07) is 33.7. The lowest BCUT2D eigenvalue weighted by Gasteiger charge is -2.11. The van der Waals surface area contributed by atoms with Crippen molar-refractivity contribution < 1.29 is 0 Å². The summed E-state index contributed by atoms with van der Waals surface area (Å²) >= 11 is 0. The smallest absolute Gasteiger partial charge is 0.163 e. The standard InChI is InChI=1S/C31H20N4/c1-2-6-21(7-3-1)22-11-13-23(14-12-22)30-29-10-5-17-35(29)31-28(34-30)18-25(20-33-31)26-9-4-8-24-19-32-16-15-27(24)26/h1-20H. The van der Waals surface area contributed by atoms with E-state index >= 15 is 0 Å². The van der Waals surface area contributed by atoms with Crippen molar-refractivity contribution in [2.75, 3.05) is 0 Å². The van der Waals surface area contributed by atoms with Crippen LogP contribution in [0.15, 0.2) is 122 Å². The van der Waals surface area contributed by atoms with Gasteiger partial charge < -0.3 is 0 Å². The second-order valence-corrected chi connectivity index (χ2v) is 8.64. The van der Waals surface area contributed by atoms with Crippen LogP contribution in [0.5, 0.6) is 0 Å². The summed E-state index contributed by atoms with van der Waals surface area (Å²) in [5.41, 5.74) is 9.34. The lowest BCUT2D eigenvalue weighted by Crippen LogP contribution is -1.97. The second kappa shape index (κ2) is 7.89. The van der Waals surface area contributed by atoms with Gasteiger partial charge >= 0.3 is 0 Å². The molecule has 0 radical (unpaired) electrons. The highest BCUT2D eigenvalue weighted by atomic mass is 15.0. The molecule has 0 amide bonds. The zero-order valence-corrected chi connectivity index (χ0v) is 18.8. The molecule has 0 atom stereocenters. The molecular formula is C31H20N4. The molecule has 0 saturated heterocycles. The molecule has 164 valence electrons. The molecule has 4 heteroatoms. The van der Waals surface area contributed by atoms with Gasteiger partial charge in [0.25, 0.3) is 0 Å². The molecule has 7 aromatic rings. The van der Waals surface area contributed by atoms with E-state index in [0.29, 0.717) is 0 Å². The van der Waals surface area contributed by atoms with Crippen LogP contribution in [-0.2, 0) is 0 Å². The normalized spacial score (nSPS) is 11.4. The predicted octanol–water partition coefficient (Wildman–Crippen LogP) is 7.43. The molecule has 35 heavy (non-hydrogen) atoms. The Bertz CT molecular complexity index is 1830. The van der Waals surface area contributed by atoms with Crippen molar-refractivity contribution in [2.24, 2.45) is 0 Å². The van der Waals surface area contributed by atoms with E-state index in [1.165, 1.54) is 11.1 Å². The monoisotopic (exact) mass is 448 g/mol. The topological polar surface area (TPSA) is 43.1 Å². The minimum absolute atomic E-state index is 0.848. The first-order chi connectivity index (χ1) is 17.3. The van der Waals surface area contributed by atoms with E-state index in [1.54, 1.807) is 0 Å². The first-order valence-corrected chi connectivity index (χ1v) is 11.6. The van der Waals surface area contributed by atoms with Gasteiger partial charge in [-0.15, -0.1) is 0 Å². The van der Waals surface area contributed by atoms with E-state index < -0.39 is 0 Å². The predicted molar refractivity (Wildman–Crippen MR) is 142 cm³/mol. The highest BCUT2D eigenvalue weighted by Gasteiger charge is 2.13. The molecule has 0 bridgehead atoms. The Morgan fingerprint density at radius 1 is 0.629 bits per heavy atom. The van der Waals surface area contributed by atoms with E-state index in [-0.39, 0.29) is 0 Å². The average molecular weight is 449 g/mol. The molecule has 0 saturated carbocycles. The summed E-state index contributed by atoms with van der Waals surface area (Å²) in [4.78, 5) is 14.2. The summed E-state index contributed by atoms with van der Waals surface area (Å²) in [6.07, 6.45) is 7.72. The molecule has 0 unspecified atom stereocenters. The molecule has 0 N–H and O–H groups in total. The first-order valence-electron chi connectivity index (χ1n) is 11.6. The molecule has 4 nitrogen and oxygen atoms in total. The third kappa shape index (κ3) is 3.27. The van der Waals surface area contributed by atoms with Crippen LogP contribution in [0.25, 0.3) is 61.0 Å². The molecule has 7 rings (SSSR count). The minimum atomic E-state index is 0.848. The Balaban J connectivity index is 1.40. The van der Waals surface area contributed by atoms with Crippen LogP contribution >= 0.6 is 0 Å². The van der Waals surface area contributed by atoms with Gasteiger partial charge in [-0.3, -0.25) is 9.38 Å². The van der Waals surface area contributed by atoms with Gasteiger partial charge in [-0.05, 0) is 46.3 Å². The third-order valence-electron chi connectivity index (χ3n) is 6.56. The van der Waals surface area contributed by atoms with Crippen molar-refractivity contribution in [1.82, 2.24) is 19.4 Å². The molecule has 4 aromatic heterocycles. The third-order valence-corrected chi connectivity index (χ3v) is 6.56. The van der Waals surface area contributed by atoms with Crippen molar-refractivity contribution >= 4 is 27.5 Å². The van der Waals surface area contributed by atoms with Crippen LogP contribution in [0.3, 0.4) is 0 Å². The number of pyridine rings is 2. The van der Waals surface area contributed by atoms with Crippen LogP contribution in [0.2, 0.25) is 0 Å². The summed E-state index contributed by atoms with van der Waals surface area (Å²) < 4.78 is 2.12. The lowest BCUT2D eigenvalue weighted by atomic mass is 10.0. The Morgan fingerprint density at radius 2 is 1.46 bits per heavy atom. The van der Waals surface area contributed by atoms with Gasteiger partial charge in [0.1, 0.15) is 5.52 Å². The maximum absolute atomic E-state index is 5.12. The molecule has 3 aromatic carbocycles. The number of nitrogens with zero attached hydrogens (tertiary/aromatic N) is 4. The number of fused-ring (bicyclic) bond motifs is 4. The summed E-state index contributed by atoms with van der Waals surface area (Å²) in [5, 5.41) is 2.26. The van der Waals surface area contributed by atoms with Crippen molar-refractivity contribution in [3.8, 4) is 33.5 Å². The van der Waals surface area contributed by atoms with Crippen molar-refractivity contribution in [2.45, 2.75) is 0 Å². The Labute approximate surface area is 202 Å². The number of benzene rings is 3. The molecule has 0 aliphatic rings. The van der Waals surface area contributed by atoms with Gasteiger partial charge in [0.15, 0.2) is 5.65 Å². The maximum Gasteiger partial charge on any atom is 0.163 e. The van der Waals surface area contributed by atoms with Crippen molar-refractivity contribution in [3.63, 3.8) is 0 Å². The van der Waals surface area contributed by atoms with Gasteiger partial charge in [0.2, 0.25) is 0 Å².